The topological polar surface area (TPSA) is 27.1 Å². The number of aromatic nitrogens is 2. The van der Waals surface area contributed by atoms with Crippen LogP contribution in [0.25, 0.3) is 11.0 Å². The van der Waals surface area contributed by atoms with Gasteiger partial charge in [-0.25, -0.2) is 4.98 Å². The van der Waals surface area contributed by atoms with Crippen molar-refractivity contribution in [3.8, 4) is 5.75 Å². The number of alkyl halides is 1. The van der Waals surface area contributed by atoms with E-state index in [1.54, 1.807) is 0 Å². The number of hydrogen-bond donors (Lipinski definition) is 0. The van der Waals surface area contributed by atoms with Crippen LogP contribution in [0.1, 0.15) is 45.5 Å². The Morgan fingerprint density at radius 1 is 1.33 bits per heavy atom. The fourth-order valence-electron chi connectivity index (χ4n) is 3.58. The van der Waals surface area contributed by atoms with Crippen molar-refractivity contribution < 1.29 is 4.74 Å². The van der Waals surface area contributed by atoms with Gasteiger partial charge in [-0.05, 0) is 43.7 Å². The molecule has 1 aromatic carbocycles. The molecule has 3 rings (SSSR count). The largest absolute Gasteiger partial charge is 0.492 e. The van der Waals surface area contributed by atoms with Gasteiger partial charge in [0.2, 0.25) is 0 Å². The van der Waals surface area contributed by atoms with Crippen molar-refractivity contribution >= 4 is 22.6 Å². The molecule has 1 fully saturated rings. The van der Waals surface area contributed by atoms with Crippen molar-refractivity contribution in [3.05, 3.63) is 24.0 Å². The Balaban J connectivity index is 2.15. The Hall–Kier alpha value is -1.22. The first-order chi connectivity index (χ1) is 10.2. The maximum absolute atomic E-state index is 6.17. The van der Waals surface area contributed by atoms with E-state index in [9.17, 15) is 0 Å². The van der Waals surface area contributed by atoms with E-state index in [1.165, 1.54) is 12.8 Å². The molecule has 3 unspecified atom stereocenters. The summed E-state index contributed by atoms with van der Waals surface area (Å²) in [7, 11) is 0. The SMILES string of the molecule is CCOc1cccc2c1nc(CCl)n2C1CCC(C)C1C. The second-order valence-electron chi connectivity index (χ2n) is 6.07. The van der Waals surface area contributed by atoms with Crippen LogP contribution in [0.2, 0.25) is 0 Å². The highest BCUT2D eigenvalue weighted by atomic mass is 35.5. The molecule has 0 aliphatic heterocycles. The van der Waals surface area contributed by atoms with Gasteiger partial charge >= 0.3 is 0 Å². The summed E-state index contributed by atoms with van der Waals surface area (Å²) in [6.07, 6.45) is 2.48. The summed E-state index contributed by atoms with van der Waals surface area (Å²) >= 11 is 6.17. The lowest BCUT2D eigenvalue weighted by Crippen LogP contribution is -2.16. The van der Waals surface area contributed by atoms with E-state index in [-0.39, 0.29) is 0 Å². The van der Waals surface area contributed by atoms with Gasteiger partial charge in [-0.3, -0.25) is 0 Å². The maximum atomic E-state index is 6.17. The first-order valence-corrected chi connectivity index (χ1v) is 8.39. The van der Waals surface area contributed by atoms with E-state index >= 15 is 0 Å². The standard InChI is InChI=1S/C17H23ClN2O/c1-4-21-15-7-5-6-14-17(15)19-16(10-18)20(14)13-9-8-11(2)12(13)3/h5-7,11-13H,4,8-10H2,1-3H3. The molecule has 21 heavy (non-hydrogen) atoms. The van der Waals surface area contributed by atoms with Crippen LogP contribution in [0.15, 0.2) is 18.2 Å². The van der Waals surface area contributed by atoms with Crippen LogP contribution < -0.4 is 4.74 Å². The molecule has 1 aliphatic rings. The minimum absolute atomic E-state index is 0.442. The number of hydrogen-bond acceptors (Lipinski definition) is 2. The van der Waals surface area contributed by atoms with E-state index in [4.69, 9.17) is 21.3 Å². The van der Waals surface area contributed by atoms with Crippen molar-refractivity contribution in [2.45, 2.75) is 45.5 Å². The van der Waals surface area contributed by atoms with E-state index < -0.39 is 0 Å². The number of imidazole rings is 1. The van der Waals surface area contributed by atoms with Gasteiger partial charge in [0.05, 0.1) is 18.0 Å². The number of ether oxygens (including phenoxy) is 1. The monoisotopic (exact) mass is 306 g/mol. The third-order valence-electron chi connectivity index (χ3n) is 4.93. The van der Waals surface area contributed by atoms with Crippen LogP contribution >= 0.6 is 11.6 Å². The average Bonchev–Trinajstić information content (AvgIpc) is 3.01. The maximum Gasteiger partial charge on any atom is 0.147 e. The molecule has 0 spiro atoms. The molecule has 3 nitrogen and oxygen atoms in total. The second kappa shape index (κ2) is 5.88. The number of para-hydroxylation sites is 1. The normalized spacial score (nSPS) is 25.6. The van der Waals surface area contributed by atoms with Crippen LogP contribution in [0.3, 0.4) is 0 Å². The zero-order valence-corrected chi connectivity index (χ0v) is 13.7. The zero-order chi connectivity index (χ0) is 15.0. The van der Waals surface area contributed by atoms with Crippen LogP contribution in [-0.2, 0) is 5.88 Å². The molecule has 4 heteroatoms. The lowest BCUT2D eigenvalue weighted by Gasteiger charge is -2.22. The molecule has 1 saturated carbocycles. The van der Waals surface area contributed by atoms with Crippen LogP contribution in [-0.4, -0.2) is 16.2 Å². The van der Waals surface area contributed by atoms with Crippen LogP contribution in [0.4, 0.5) is 0 Å². The minimum atomic E-state index is 0.442. The second-order valence-corrected chi connectivity index (χ2v) is 6.34. The number of benzene rings is 1. The number of rotatable bonds is 4. The first kappa shape index (κ1) is 14.7. The molecule has 1 aromatic heterocycles. The lowest BCUT2D eigenvalue weighted by molar-refractivity contribution is 0.343. The molecule has 114 valence electrons. The lowest BCUT2D eigenvalue weighted by atomic mass is 9.97. The molecule has 0 bridgehead atoms. The number of nitrogens with zero attached hydrogens (tertiary/aromatic N) is 2. The molecule has 2 aromatic rings. The quantitative estimate of drug-likeness (QED) is 0.760. The summed E-state index contributed by atoms with van der Waals surface area (Å²) in [6.45, 7) is 7.34. The van der Waals surface area contributed by atoms with Gasteiger partial charge in [0.15, 0.2) is 0 Å². The molecule has 1 aliphatic carbocycles. The molecular formula is C17H23ClN2O. The predicted octanol–water partition coefficient (Wildman–Crippen LogP) is 4.78. The predicted molar refractivity (Wildman–Crippen MR) is 87.1 cm³/mol. The van der Waals surface area contributed by atoms with Crippen molar-refractivity contribution in [1.82, 2.24) is 9.55 Å². The fraction of sp³-hybridized carbons (Fsp3) is 0.588. The highest BCUT2D eigenvalue weighted by Gasteiger charge is 2.33. The summed E-state index contributed by atoms with van der Waals surface area (Å²) in [5.74, 6) is 3.67. The van der Waals surface area contributed by atoms with Gasteiger partial charge in [0, 0.05) is 6.04 Å². The molecule has 0 N–H and O–H groups in total. The molecule has 0 radical (unpaired) electrons. The van der Waals surface area contributed by atoms with Crippen LogP contribution in [0.5, 0.6) is 5.75 Å². The smallest absolute Gasteiger partial charge is 0.147 e. The molecule has 3 atom stereocenters. The Kier molecular flexibility index (Phi) is 4.12. The fourth-order valence-corrected chi connectivity index (χ4v) is 3.77. The van der Waals surface area contributed by atoms with E-state index in [2.05, 4.69) is 24.5 Å². The zero-order valence-electron chi connectivity index (χ0n) is 13.0. The van der Waals surface area contributed by atoms with Crippen molar-refractivity contribution in [2.24, 2.45) is 11.8 Å². The van der Waals surface area contributed by atoms with Crippen molar-refractivity contribution in [2.75, 3.05) is 6.61 Å². The third-order valence-corrected chi connectivity index (χ3v) is 5.17. The minimum Gasteiger partial charge on any atom is -0.492 e. The third kappa shape index (κ3) is 2.42. The van der Waals surface area contributed by atoms with E-state index in [1.807, 2.05) is 19.1 Å². The molecule has 0 amide bonds. The summed E-state index contributed by atoms with van der Waals surface area (Å²) in [5.41, 5.74) is 2.10. The van der Waals surface area contributed by atoms with Gasteiger partial charge in [-0.2, -0.15) is 0 Å². The van der Waals surface area contributed by atoms with Crippen LogP contribution in [0, 0.1) is 11.8 Å². The van der Waals surface area contributed by atoms with Gasteiger partial charge in [0.25, 0.3) is 0 Å². The molecule has 0 saturated heterocycles. The van der Waals surface area contributed by atoms with Gasteiger partial charge in [-0.15, -0.1) is 11.6 Å². The average molecular weight is 307 g/mol. The van der Waals surface area contributed by atoms with Gasteiger partial charge < -0.3 is 9.30 Å². The summed E-state index contributed by atoms with van der Waals surface area (Å²) in [6, 6.07) is 6.67. The number of fused-ring (bicyclic) bond motifs is 1. The highest BCUT2D eigenvalue weighted by molar-refractivity contribution is 6.16. The van der Waals surface area contributed by atoms with Gasteiger partial charge in [-0.1, -0.05) is 19.9 Å². The number of halogens is 1. The molecule has 1 heterocycles. The Bertz CT molecular complexity index is 637. The summed E-state index contributed by atoms with van der Waals surface area (Å²) in [5, 5.41) is 0. The van der Waals surface area contributed by atoms with E-state index in [0.717, 1.165) is 28.5 Å². The molecular weight excluding hydrogens is 284 g/mol. The van der Waals surface area contributed by atoms with Crippen molar-refractivity contribution in [1.29, 1.82) is 0 Å². The Morgan fingerprint density at radius 3 is 2.76 bits per heavy atom. The summed E-state index contributed by atoms with van der Waals surface area (Å²) < 4.78 is 8.08. The summed E-state index contributed by atoms with van der Waals surface area (Å²) in [4.78, 5) is 4.76. The first-order valence-electron chi connectivity index (χ1n) is 7.86. The van der Waals surface area contributed by atoms with E-state index in [0.29, 0.717) is 24.4 Å². The Labute approximate surface area is 131 Å². The van der Waals surface area contributed by atoms with Crippen molar-refractivity contribution in [3.63, 3.8) is 0 Å². The van der Waals surface area contributed by atoms with Gasteiger partial charge in [0.1, 0.15) is 17.1 Å². The Morgan fingerprint density at radius 2 is 2.14 bits per heavy atom. The highest BCUT2D eigenvalue weighted by Crippen LogP contribution is 2.43.